The van der Waals surface area contributed by atoms with Gasteiger partial charge in [0.25, 0.3) is 0 Å². The standard InChI is InChI=1S/C26H52O4/c1-5-9-13-15-18-22-28-25(20-17-11-7-3)26(30-24-27-21-12-8-4)29-23-19-16-14-10-6-2/h5-24H2,1-4H3. The maximum Gasteiger partial charge on any atom is 0.321 e. The van der Waals surface area contributed by atoms with Crippen LogP contribution in [0.5, 0.6) is 0 Å². The van der Waals surface area contributed by atoms with Crippen LogP contribution in [0.15, 0.2) is 11.7 Å². The molecule has 0 aliphatic carbocycles. The van der Waals surface area contributed by atoms with E-state index >= 15 is 0 Å². The molecule has 0 saturated carbocycles. The van der Waals surface area contributed by atoms with E-state index < -0.39 is 0 Å². The van der Waals surface area contributed by atoms with Crippen LogP contribution >= 0.6 is 0 Å². The van der Waals surface area contributed by atoms with E-state index in [2.05, 4.69) is 27.7 Å². The van der Waals surface area contributed by atoms with Gasteiger partial charge in [0, 0.05) is 6.42 Å². The fourth-order valence-corrected chi connectivity index (χ4v) is 3.14. The molecule has 0 heterocycles. The fraction of sp³-hybridized carbons (Fsp3) is 0.923. The average molecular weight is 429 g/mol. The Bertz CT molecular complexity index is 368. The zero-order valence-electron chi connectivity index (χ0n) is 20.8. The largest absolute Gasteiger partial charge is 0.491 e. The second kappa shape index (κ2) is 24.4. The van der Waals surface area contributed by atoms with Crippen LogP contribution in [0.4, 0.5) is 0 Å². The third kappa shape index (κ3) is 19.1. The first kappa shape index (κ1) is 29.1. The van der Waals surface area contributed by atoms with Crippen molar-refractivity contribution in [3.63, 3.8) is 0 Å². The molecule has 0 spiro atoms. The number of rotatable bonds is 24. The molecule has 0 atom stereocenters. The second-order valence-corrected chi connectivity index (χ2v) is 8.22. The van der Waals surface area contributed by atoms with Gasteiger partial charge in [-0.05, 0) is 25.7 Å². The summed E-state index contributed by atoms with van der Waals surface area (Å²) >= 11 is 0. The van der Waals surface area contributed by atoms with Crippen molar-refractivity contribution in [1.29, 1.82) is 0 Å². The van der Waals surface area contributed by atoms with Crippen LogP contribution in [0.25, 0.3) is 0 Å². The van der Waals surface area contributed by atoms with Crippen molar-refractivity contribution < 1.29 is 18.9 Å². The maximum absolute atomic E-state index is 6.18. The molecule has 0 aromatic rings. The molecule has 0 saturated heterocycles. The van der Waals surface area contributed by atoms with Crippen LogP contribution in [-0.4, -0.2) is 26.6 Å². The Hall–Kier alpha value is -0.900. The van der Waals surface area contributed by atoms with E-state index in [1.165, 1.54) is 64.2 Å². The molecule has 4 nitrogen and oxygen atoms in total. The van der Waals surface area contributed by atoms with E-state index in [-0.39, 0.29) is 6.79 Å². The van der Waals surface area contributed by atoms with E-state index in [1.807, 2.05) is 0 Å². The van der Waals surface area contributed by atoms with Crippen LogP contribution in [0, 0.1) is 0 Å². The molecule has 0 rings (SSSR count). The lowest BCUT2D eigenvalue weighted by molar-refractivity contribution is -0.0844. The lowest BCUT2D eigenvalue weighted by Gasteiger charge is -2.18. The van der Waals surface area contributed by atoms with Gasteiger partial charge in [-0.1, -0.05) is 98.3 Å². The topological polar surface area (TPSA) is 36.9 Å². The molecule has 0 fully saturated rings. The van der Waals surface area contributed by atoms with Crippen LogP contribution in [0.1, 0.15) is 130 Å². The van der Waals surface area contributed by atoms with Crippen molar-refractivity contribution in [1.82, 2.24) is 0 Å². The molecule has 0 aromatic heterocycles. The number of hydrogen-bond acceptors (Lipinski definition) is 4. The number of allylic oxidation sites excluding steroid dienone is 1. The Balaban J connectivity index is 4.73. The minimum absolute atomic E-state index is 0.238. The summed E-state index contributed by atoms with van der Waals surface area (Å²) in [4.78, 5) is 0. The molecule has 30 heavy (non-hydrogen) atoms. The molecule has 0 aliphatic heterocycles. The molecular weight excluding hydrogens is 376 g/mol. The normalized spacial score (nSPS) is 12.0. The van der Waals surface area contributed by atoms with Crippen molar-refractivity contribution in [2.75, 3.05) is 26.6 Å². The quantitative estimate of drug-likeness (QED) is 0.0877. The van der Waals surface area contributed by atoms with Gasteiger partial charge in [-0.3, -0.25) is 0 Å². The monoisotopic (exact) mass is 428 g/mol. The second-order valence-electron chi connectivity index (χ2n) is 8.22. The van der Waals surface area contributed by atoms with Gasteiger partial charge in [0.1, 0.15) is 0 Å². The summed E-state index contributed by atoms with van der Waals surface area (Å²) in [6, 6.07) is 0. The lowest BCUT2D eigenvalue weighted by Crippen LogP contribution is -2.10. The molecule has 0 radical (unpaired) electrons. The minimum atomic E-state index is 0.238. The van der Waals surface area contributed by atoms with Gasteiger partial charge < -0.3 is 18.9 Å². The predicted molar refractivity (Wildman–Crippen MR) is 127 cm³/mol. The van der Waals surface area contributed by atoms with E-state index in [0.29, 0.717) is 12.6 Å². The van der Waals surface area contributed by atoms with Crippen LogP contribution in [0.2, 0.25) is 0 Å². The summed E-state index contributed by atoms with van der Waals surface area (Å²) < 4.78 is 23.8. The van der Waals surface area contributed by atoms with Gasteiger partial charge in [-0.2, -0.15) is 0 Å². The molecule has 0 bridgehead atoms. The lowest BCUT2D eigenvalue weighted by atomic mass is 10.1. The smallest absolute Gasteiger partial charge is 0.321 e. The molecule has 0 aliphatic rings. The van der Waals surface area contributed by atoms with Gasteiger partial charge in [0.2, 0.25) is 0 Å². The van der Waals surface area contributed by atoms with Gasteiger partial charge >= 0.3 is 5.95 Å². The van der Waals surface area contributed by atoms with Gasteiger partial charge in [0.15, 0.2) is 12.6 Å². The van der Waals surface area contributed by atoms with Gasteiger partial charge in [0.05, 0.1) is 19.8 Å². The molecule has 0 aromatic carbocycles. The summed E-state index contributed by atoms with van der Waals surface area (Å²) in [5, 5.41) is 0. The van der Waals surface area contributed by atoms with Crippen molar-refractivity contribution >= 4 is 0 Å². The van der Waals surface area contributed by atoms with Crippen molar-refractivity contribution in [3.05, 3.63) is 11.7 Å². The summed E-state index contributed by atoms with van der Waals surface area (Å²) in [7, 11) is 0. The van der Waals surface area contributed by atoms with Gasteiger partial charge in [-0.25, -0.2) is 0 Å². The van der Waals surface area contributed by atoms with E-state index in [4.69, 9.17) is 18.9 Å². The third-order valence-corrected chi connectivity index (χ3v) is 5.16. The van der Waals surface area contributed by atoms with Gasteiger partial charge in [-0.15, -0.1) is 0 Å². The zero-order valence-corrected chi connectivity index (χ0v) is 20.8. The summed E-state index contributed by atoms with van der Waals surface area (Å²) in [6.07, 6.45) is 18.8. The summed E-state index contributed by atoms with van der Waals surface area (Å²) in [6.45, 7) is 11.3. The Morgan fingerprint density at radius 1 is 0.467 bits per heavy atom. The predicted octanol–water partition coefficient (Wildman–Crippen LogP) is 8.50. The fourth-order valence-electron chi connectivity index (χ4n) is 3.14. The summed E-state index contributed by atoms with van der Waals surface area (Å²) in [5.74, 6) is 1.44. The highest BCUT2D eigenvalue weighted by atomic mass is 16.7. The number of hydrogen-bond donors (Lipinski definition) is 0. The minimum Gasteiger partial charge on any atom is -0.491 e. The molecule has 0 N–H and O–H groups in total. The van der Waals surface area contributed by atoms with Crippen LogP contribution in [-0.2, 0) is 18.9 Å². The Morgan fingerprint density at radius 2 is 1.00 bits per heavy atom. The zero-order chi connectivity index (χ0) is 22.1. The SMILES string of the molecule is CCCCCCCOC(CCCCC)=C(OCCCCCCC)OCOCCCC. The molecule has 0 unspecified atom stereocenters. The van der Waals surface area contributed by atoms with Crippen molar-refractivity contribution in [3.8, 4) is 0 Å². The highest BCUT2D eigenvalue weighted by Crippen LogP contribution is 2.19. The average Bonchev–Trinajstić information content (AvgIpc) is 2.76. The van der Waals surface area contributed by atoms with E-state index in [0.717, 1.165) is 57.5 Å². The first-order chi connectivity index (χ1) is 14.8. The maximum atomic E-state index is 6.18. The Morgan fingerprint density at radius 3 is 1.60 bits per heavy atom. The van der Waals surface area contributed by atoms with E-state index in [1.54, 1.807) is 0 Å². The molecule has 4 heteroatoms. The van der Waals surface area contributed by atoms with Crippen LogP contribution < -0.4 is 0 Å². The highest BCUT2D eigenvalue weighted by Gasteiger charge is 2.13. The highest BCUT2D eigenvalue weighted by molar-refractivity contribution is 4.95. The first-order valence-electron chi connectivity index (χ1n) is 13.0. The first-order valence-corrected chi connectivity index (χ1v) is 13.0. The Kier molecular flexibility index (Phi) is 23.6. The van der Waals surface area contributed by atoms with E-state index in [9.17, 15) is 0 Å². The van der Waals surface area contributed by atoms with Crippen LogP contribution in [0.3, 0.4) is 0 Å². The summed E-state index contributed by atoms with van der Waals surface area (Å²) in [5.41, 5.74) is 0. The third-order valence-electron chi connectivity index (χ3n) is 5.16. The molecular formula is C26H52O4. The Labute approximate surface area is 188 Å². The van der Waals surface area contributed by atoms with Crippen molar-refractivity contribution in [2.24, 2.45) is 0 Å². The number of unbranched alkanes of at least 4 members (excludes halogenated alkanes) is 11. The molecule has 180 valence electrons. The number of ether oxygens (including phenoxy) is 4. The molecule has 0 amide bonds. The van der Waals surface area contributed by atoms with Crippen molar-refractivity contribution in [2.45, 2.75) is 130 Å².